The van der Waals surface area contributed by atoms with Crippen molar-refractivity contribution in [2.45, 2.75) is 17.7 Å². The van der Waals surface area contributed by atoms with Crippen LogP contribution in [0.25, 0.3) is 0 Å². The van der Waals surface area contributed by atoms with Gasteiger partial charge in [0.1, 0.15) is 0 Å². The molecule has 0 saturated heterocycles. The van der Waals surface area contributed by atoms with E-state index in [0.717, 1.165) is 6.42 Å². The average Bonchev–Trinajstić information content (AvgIpc) is 2.20. The molecular weight excluding hydrogens is 312 g/mol. The minimum Gasteiger partial charge on any atom is -0.290 e. The van der Waals surface area contributed by atoms with E-state index in [1.54, 1.807) is 0 Å². The Labute approximate surface area is 99.7 Å². The molecule has 2 nitrogen and oxygen atoms in total. The molecule has 0 bridgehead atoms. The number of carbonyl (C=O) groups is 2. The van der Waals surface area contributed by atoms with Gasteiger partial charge in [-0.05, 0) is 24.6 Å². The maximum Gasteiger partial charge on any atom is 0.183 e. The molecular formula is C10H10Br2O2. The Hall–Kier alpha value is -0.220. The average molecular weight is 322 g/mol. The number of hydrogen-bond donors (Lipinski definition) is 0. The Kier molecular flexibility index (Phi) is 3.84. The minimum absolute atomic E-state index is 0.0947. The molecule has 0 amide bonds. The van der Waals surface area contributed by atoms with Crippen LogP contribution in [0.5, 0.6) is 0 Å². The van der Waals surface area contributed by atoms with Gasteiger partial charge in [-0.3, -0.25) is 9.59 Å². The molecule has 0 N–H and O–H groups in total. The molecule has 0 saturated carbocycles. The van der Waals surface area contributed by atoms with Crippen molar-refractivity contribution in [2.75, 3.05) is 5.33 Å². The molecule has 0 aromatic carbocycles. The van der Waals surface area contributed by atoms with Crippen molar-refractivity contribution in [1.29, 1.82) is 0 Å². The highest BCUT2D eigenvalue weighted by Gasteiger charge is 2.33. The molecule has 1 rings (SSSR count). The van der Waals surface area contributed by atoms with Gasteiger partial charge >= 0.3 is 0 Å². The number of allylic oxidation sites excluding steroid dienone is 4. The number of rotatable bonds is 3. The van der Waals surface area contributed by atoms with Gasteiger partial charge in [0.15, 0.2) is 11.6 Å². The van der Waals surface area contributed by atoms with Gasteiger partial charge in [-0.15, -0.1) is 0 Å². The van der Waals surface area contributed by atoms with Crippen molar-refractivity contribution in [2.24, 2.45) is 0 Å². The van der Waals surface area contributed by atoms with Crippen LogP contribution in [-0.4, -0.2) is 21.2 Å². The molecule has 0 aromatic heterocycles. The molecule has 0 spiro atoms. The van der Waals surface area contributed by atoms with Crippen LogP contribution in [0.4, 0.5) is 0 Å². The quantitative estimate of drug-likeness (QED) is 0.591. The first-order valence-corrected chi connectivity index (χ1v) is 6.18. The molecule has 1 unspecified atom stereocenters. The van der Waals surface area contributed by atoms with Crippen molar-refractivity contribution in [3.8, 4) is 0 Å². The maximum atomic E-state index is 11.5. The summed E-state index contributed by atoms with van der Waals surface area (Å²) in [5, 5.41) is 0.606. The number of ketones is 2. The largest absolute Gasteiger partial charge is 0.290 e. The summed E-state index contributed by atoms with van der Waals surface area (Å²) >= 11 is 6.83. The first-order valence-electron chi connectivity index (χ1n) is 4.27. The van der Waals surface area contributed by atoms with Crippen LogP contribution < -0.4 is 0 Å². The van der Waals surface area contributed by atoms with Gasteiger partial charge < -0.3 is 0 Å². The molecule has 0 aliphatic heterocycles. The summed E-state index contributed by atoms with van der Waals surface area (Å²) in [5.41, 5.74) is 0.532. The second-order valence-corrected chi connectivity index (χ2v) is 5.19. The molecule has 0 radical (unpaired) electrons. The summed E-state index contributed by atoms with van der Waals surface area (Å²) in [6, 6.07) is 0. The summed E-state index contributed by atoms with van der Waals surface area (Å²) in [6.07, 6.45) is 4.77. The standard InChI is InChI=1S/C10H10Br2O2/c1-2-10(12,6-11)8-5-7(13)3-4-9(8)14/h3-5H,2,6H2,1H3. The number of hydrogen-bond acceptors (Lipinski definition) is 2. The van der Waals surface area contributed by atoms with Crippen LogP contribution in [0, 0.1) is 0 Å². The van der Waals surface area contributed by atoms with Crippen molar-refractivity contribution in [3.05, 3.63) is 23.8 Å². The number of halogens is 2. The smallest absolute Gasteiger partial charge is 0.183 e. The molecule has 0 heterocycles. The molecule has 1 aliphatic rings. The van der Waals surface area contributed by atoms with Crippen LogP contribution in [0.1, 0.15) is 13.3 Å². The van der Waals surface area contributed by atoms with Gasteiger partial charge in [0, 0.05) is 10.9 Å². The first kappa shape index (κ1) is 11.9. The van der Waals surface area contributed by atoms with Crippen molar-refractivity contribution >= 4 is 43.4 Å². The monoisotopic (exact) mass is 320 g/mol. The van der Waals surface area contributed by atoms with Gasteiger partial charge in [-0.2, -0.15) is 0 Å². The lowest BCUT2D eigenvalue weighted by molar-refractivity contribution is -0.114. The third-order valence-electron chi connectivity index (χ3n) is 2.21. The predicted octanol–water partition coefficient (Wildman–Crippen LogP) is 2.56. The summed E-state index contributed by atoms with van der Waals surface area (Å²) in [4.78, 5) is 22.7. The molecule has 14 heavy (non-hydrogen) atoms. The minimum atomic E-state index is -0.426. The summed E-state index contributed by atoms with van der Waals surface area (Å²) < 4.78 is -0.426. The zero-order chi connectivity index (χ0) is 10.8. The summed E-state index contributed by atoms with van der Waals surface area (Å²) in [5.74, 6) is -0.222. The Morgan fingerprint density at radius 3 is 2.50 bits per heavy atom. The summed E-state index contributed by atoms with van der Waals surface area (Å²) in [7, 11) is 0. The van der Waals surface area contributed by atoms with E-state index >= 15 is 0 Å². The Bertz CT molecular complexity index is 325. The van der Waals surface area contributed by atoms with E-state index in [9.17, 15) is 9.59 Å². The lowest BCUT2D eigenvalue weighted by atomic mass is 9.90. The van der Waals surface area contributed by atoms with Crippen LogP contribution in [0.2, 0.25) is 0 Å². The van der Waals surface area contributed by atoms with E-state index in [4.69, 9.17) is 0 Å². The predicted molar refractivity (Wildman–Crippen MR) is 63.0 cm³/mol. The number of alkyl halides is 2. The van der Waals surface area contributed by atoms with E-state index in [1.807, 2.05) is 6.92 Å². The third kappa shape index (κ3) is 2.23. The topological polar surface area (TPSA) is 34.1 Å². The van der Waals surface area contributed by atoms with Gasteiger partial charge in [0.2, 0.25) is 0 Å². The molecule has 1 atom stereocenters. The van der Waals surface area contributed by atoms with Crippen molar-refractivity contribution < 1.29 is 9.59 Å². The third-order valence-corrected chi connectivity index (χ3v) is 5.18. The van der Waals surface area contributed by atoms with E-state index < -0.39 is 4.32 Å². The highest BCUT2D eigenvalue weighted by Crippen LogP contribution is 2.34. The molecule has 76 valence electrons. The number of carbonyl (C=O) groups excluding carboxylic acids is 2. The zero-order valence-corrected chi connectivity index (χ0v) is 10.9. The van der Waals surface area contributed by atoms with E-state index in [1.165, 1.54) is 18.2 Å². The summed E-state index contributed by atoms with van der Waals surface area (Å²) in [6.45, 7) is 1.97. The van der Waals surface area contributed by atoms with Crippen molar-refractivity contribution in [1.82, 2.24) is 0 Å². The van der Waals surface area contributed by atoms with Crippen LogP contribution in [0.15, 0.2) is 23.8 Å². The lowest BCUT2D eigenvalue weighted by Gasteiger charge is -2.26. The Balaban J connectivity index is 3.07. The second-order valence-electron chi connectivity index (χ2n) is 3.11. The second kappa shape index (κ2) is 4.53. The van der Waals surface area contributed by atoms with Crippen LogP contribution in [-0.2, 0) is 9.59 Å². The van der Waals surface area contributed by atoms with Gasteiger partial charge in [-0.1, -0.05) is 38.8 Å². The lowest BCUT2D eigenvalue weighted by Crippen LogP contribution is -2.30. The van der Waals surface area contributed by atoms with Gasteiger partial charge in [0.25, 0.3) is 0 Å². The normalized spacial score (nSPS) is 20.6. The molecule has 4 heteroatoms. The fraction of sp³-hybridized carbons (Fsp3) is 0.400. The molecule has 0 aromatic rings. The fourth-order valence-electron chi connectivity index (χ4n) is 1.22. The molecule has 1 aliphatic carbocycles. The zero-order valence-electron chi connectivity index (χ0n) is 7.72. The first-order chi connectivity index (χ1) is 6.53. The van der Waals surface area contributed by atoms with Crippen LogP contribution >= 0.6 is 31.9 Å². The van der Waals surface area contributed by atoms with Gasteiger partial charge in [-0.25, -0.2) is 0 Å². The van der Waals surface area contributed by atoms with E-state index in [-0.39, 0.29) is 11.6 Å². The SMILES string of the molecule is CCC(Br)(CBr)C1=CC(=O)C=CC1=O. The highest BCUT2D eigenvalue weighted by atomic mass is 79.9. The van der Waals surface area contributed by atoms with Crippen LogP contribution in [0.3, 0.4) is 0 Å². The van der Waals surface area contributed by atoms with Gasteiger partial charge in [0.05, 0.1) is 4.32 Å². The fourth-order valence-corrected chi connectivity index (χ4v) is 2.22. The highest BCUT2D eigenvalue weighted by molar-refractivity contribution is 9.12. The Morgan fingerprint density at radius 2 is 2.00 bits per heavy atom. The molecule has 0 fully saturated rings. The Morgan fingerprint density at radius 1 is 1.36 bits per heavy atom. The van der Waals surface area contributed by atoms with E-state index in [0.29, 0.717) is 10.9 Å². The maximum absolute atomic E-state index is 11.5. The van der Waals surface area contributed by atoms with E-state index in [2.05, 4.69) is 31.9 Å². The van der Waals surface area contributed by atoms with Crippen molar-refractivity contribution in [3.63, 3.8) is 0 Å².